The number of ether oxygens (including phenoxy) is 2. The monoisotopic (exact) mass is 592 g/mol. The van der Waals surface area contributed by atoms with Gasteiger partial charge < -0.3 is 22.8 Å². The third-order valence-electron chi connectivity index (χ3n) is 9.78. The van der Waals surface area contributed by atoms with Crippen LogP contribution in [0.2, 0.25) is 58.9 Å². The Hall–Kier alpha value is -1.05. The van der Waals surface area contributed by atoms with Gasteiger partial charge in [-0.2, -0.15) is 0 Å². The second-order valence-corrected chi connectivity index (χ2v) is 29.2. The van der Waals surface area contributed by atoms with E-state index in [4.69, 9.17) is 22.8 Å². The van der Waals surface area contributed by atoms with E-state index in [-0.39, 0.29) is 24.0 Å². The molecule has 218 valence electrons. The summed E-state index contributed by atoms with van der Waals surface area (Å²) in [6.45, 7) is 26.2. The van der Waals surface area contributed by atoms with Crippen molar-refractivity contribution in [3.63, 3.8) is 0 Å². The van der Waals surface area contributed by atoms with E-state index < -0.39 is 64.9 Å². The Morgan fingerprint density at radius 3 is 2.18 bits per heavy atom. The maximum atomic E-state index is 13.9. The van der Waals surface area contributed by atoms with E-state index >= 15 is 0 Å². The molecule has 3 saturated carbocycles. The van der Waals surface area contributed by atoms with Crippen LogP contribution in [-0.2, 0) is 32.3 Å². The maximum Gasteiger partial charge on any atom is 0.316 e. The summed E-state index contributed by atoms with van der Waals surface area (Å²) in [7, 11) is -4.63. The highest BCUT2D eigenvalue weighted by atomic mass is 28.4. The van der Waals surface area contributed by atoms with Gasteiger partial charge in [-0.25, -0.2) is 0 Å². The quantitative estimate of drug-likeness (QED) is 0.214. The molecule has 4 bridgehead atoms. The predicted octanol–water partition coefficient (Wildman–Crippen LogP) is 5.66. The van der Waals surface area contributed by atoms with Gasteiger partial charge in [0.2, 0.25) is 0 Å². The van der Waals surface area contributed by atoms with Gasteiger partial charge >= 0.3 is 11.9 Å². The Morgan fingerprint density at radius 1 is 1.03 bits per heavy atom. The standard InChI is InChI=1S/C29H48O7Si3/c1-18-16-27-17-29(18,36-39(10,11)12)21(35-38(7,8)9)15-19(27)28-14-13-20(34-37(4,5)6)26(2,25(31)33-28)23(28)22(27)24(30)32-3/h13-14,19-23H,1,15-17H2,2-12H3/t19?,20-,21-,22+,23?,26?,27-,28+,29-/m0/s1. The zero-order valence-corrected chi connectivity index (χ0v) is 28.7. The minimum Gasteiger partial charge on any atom is -0.469 e. The van der Waals surface area contributed by atoms with Crippen LogP contribution in [0.3, 0.4) is 0 Å². The van der Waals surface area contributed by atoms with Gasteiger partial charge in [0, 0.05) is 11.8 Å². The molecule has 0 N–H and O–H groups in total. The van der Waals surface area contributed by atoms with E-state index in [0.29, 0.717) is 19.3 Å². The van der Waals surface area contributed by atoms with Crippen molar-refractivity contribution in [1.29, 1.82) is 0 Å². The van der Waals surface area contributed by atoms with Crippen LogP contribution in [0.1, 0.15) is 26.2 Å². The number of hydrogen-bond acceptors (Lipinski definition) is 7. The molecule has 0 amide bonds. The maximum absolute atomic E-state index is 13.9. The first kappa shape index (κ1) is 29.4. The highest BCUT2D eigenvalue weighted by molar-refractivity contribution is 6.70. The summed E-state index contributed by atoms with van der Waals surface area (Å²) in [6, 6.07) is 0. The molecule has 4 aliphatic carbocycles. The lowest BCUT2D eigenvalue weighted by molar-refractivity contribution is -0.168. The molecule has 5 aliphatic rings. The van der Waals surface area contributed by atoms with Gasteiger partial charge in [0.1, 0.15) is 16.6 Å². The first-order valence-corrected chi connectivity index (χ1v) is 24.6. The van der Waals surface area contributed by atoms with Crippen LogP contribution < -0.4 is 0 Å². The van der Waals surface area contributed by atoms with Gasteiger partial charge in [0.15, 0.2) is 25.0 Å². The van der Waals surface area contributed by atoms with Gasteiger partial charge in [0.05, 0.1) is 25.2 Å². The van der Waals surface area contributed by atoms with Crippen molar-refractivity contribution < 1.29 is 32.3 Å². The van der Waals surface area contributed by atoms with Crippen molar-refractivity contribution in [2.75, 3.05) is 7.11 Å². The second kappa shape index (κ2) is 8.50. The summed E-state index contributed by atoms with van der Waals surface area (Å²) < 4.78 is 32.7. The molecule has 39 heavy (non-hydrogen) atoms. The number of carbonyl (C=O) groups is 2. The molecule has 5 rings (SSSR count). The van der Waals surface area contributed by atoms with Crippen LogP contribution in [0, 0.1) is 28.6 Å². The van der Waals surface area contributed by atoms with Gasteiger partial charge in [0.25, 0.3) is 0 Å². The van der Waals surface area contributed by atoms with Crippen LogP contribution in [0.25, 0.3) is 0 Å². The van der Waals surface area contributed by atoms with Gasteiger partial charge in [-0.05, 0) is 102 Å². The average molecular weight is 593 g/mol. The summed E-state index contributed by atoms with van der Waals surface area (Å²) in [5.74, 6) is -1.62. The molecule has 10 heteroatoms. The van der Waals surface area contributed by atoms with Crippen LogP contribution >= 0.6 is 0 Å². The van der Waals surface area contributed by atoms with E-state index in [9.17, 15) is 9.59 Å². The minimum atomic E-state index is -2.05. The van der Waals surface area contributed by atoms with Crippen molar-refractivity contribution in [2.45, 2.75) is 109 Å². The highest BCUT2D eigenvalue weighted by Gasteiger charge is 2.85. The van der Waals surface area contributed by atoms with E-state index in [1.807, 2.05) is 13.0 Å². The molecule has 0 aromatic carbocycles. The number of methoxy groups -OCH3 is 1. The van der Waals surface area contributed by atoms with Gasteiger partial charge in [-0.1, -0.05) is 12.7 Å². The van der Waals surface area contributed by atoms with Gasteiger partial charge in [-0.15, -0.1) is 0 Å². The largest absolute Gasteiger partial charge is 0.469 e. The third kappa shape index (κ3) is 4.10. The van der Waals surface area contributed by atoms with Crippen molar-refractivity contribution >= 4 is 36.9 Å². The Bertz CT molecular complexity index is 1130. The molecule has 7 nitrogen and oxygen atoms in total. The molecule has 1 aliphatic heterocycles. The number of carbonyl (C=O) groups excluding carboxylic acids is 2. The van der Waals surface area contributed by atoms with Crippen LogP contribution in [0.15, 0.2) is 24.3 Å². The Balaban J connectivity index is 1.72. The van der Waals surface area contributed by atoms with E-state index in [0.717, 1.165) is 5.57 Å². The topological polar surface area (TPSA) is 80.3 Å². The number of esters is 2. The molecule has 1 heterocycles. The SMILES string of the molecule is C=C1C[C@]23C[C@@]1(O[Si](C)(C)C)[C@@H](O[Si](C)(C)C)CC2[C@@]12C=C[C@H](O[Si](C)(C)C)C(C)(C(=O)O1)C2[C@@H]3C(=O)OC. The number of rotatable bonds is 7. The molecule has 0 radical (unpaired) electrons. The predicted molar refractivity (Wildman–Crippen MR) is 158 cm³/mol. The molecule has 3 unspecified atom stereocenters. The zero-order chi connectivity index (χ0) is 29.2. The smallest absolute Gasteiger partial charge is 0.316 e. The zero-order valence-electron chi connectivity index (χ0n) is 25.7. The fourth-order valence-corrected chi connectivity index (χ4v) is 12.7. The molecule has 1 spiro atoms. The normalized spacial score (nSPS) is 44.7. The number of fused-ring (bicyclic) bond motifs is 1. The minimum absolute atomic E-state index is 0.118. The van der Waals surface area contributed by atoms with E-state index in [1.54, 1.807) is 0 Å². The molecule has 1 saturated heterocycles. The molecule has 9 atom stereocenters. The summed E-state index contributed by atoms with van der Waals surface area (Å²) >= 11 is 0. The fourth-order valence-electron chi connectivity index (χ4n) is 8.99. The van der Waals surface area contributed by atoms with Crippen LogP contribution in [0.5, 0.6) is 0 Å². The molecule has 4 fully saturated rings. The van der Waals surface area contributed by atoms with Crippen LogP contribution in [-0.4, -0.2) is 67.4 Å². The number of hydrogen-bond donors (Lipinski definition) is 0. The van der Waals surface area contributed by atoms with E-state index in [1.165, 1.54) is 7.11 Å². The fraction of sp³-hybridized carbons (Fsp3) is 0.793. The Kier molecular flexibility index (Phi) is 6.42. The first-order valence-electron chi connectivity index (χ1n) is 14.4. The average Bonchev–Trinajstić information content (AvgIpc) is 3.20. The molecule has 0 aromatic rings. The lowest BCUT2D eigenvalue weighted by Gasteiger charge is -2.52. The summed E-state index contributed by atoms with van der Waals surface area (Å²) in [5, 5.41) is 0. The molecular formula is C29H48O7Si3. The summed E-state index contributed by atoms with van der Waals surface area (Å²) in [5.41, 5.74) is -2.08. The second-order valence-electron chi connectivity index (χ2n) is 15.8. The molecular weight excluding hydrogens is 545 g/mol. The highest BCUT2D eigenvalue weighted by Crippen LogP contribution is 2.78. The Morgan fingerprint density at radius 2 is 1.64 bits per heavy atom. The lowest BCUT2D eigenvalue weighted by atomic mass is 9.61. The molecule has 0 aromatic heterocycles. The van der Waals surface area contributed by atoms with Crippen molar-refractivity contribution in [3.05, 3.63) is 24.3 Å². The van der Waals surface area contributed by atoms with Crippen LogP contribution in [0.4, 0.5) is 0 Å². The van der Waals surface area contributed by atoms with Crippen molar-refractivity contribution in [1.82, 2.24) is 0 Å². The Labute approximate surface area is 237 Å². The summed E-state index contributed by atoms with van der Waals surface area (Å²) in [6.07, 6.45) is 5.35. The van der Waals surface area contributed by atoms with E-state index in [2.05, 4.69) is 71.6 Å². The first-order chi connectivity index (χ1) is 17.7. The third-order valence-corrected chi connectivity index (χ3v) is 12.7. The van der Waals surface area contributed by atoms with Crippen molar-refractivity contribution in [3.8, 4) is 0 Å². The summed E-state index contributed by atoms with van der Waals surface area (Å²) in [4.78, 5) is 27.8. The van der Waals surface area contributed by atoms with Crippen molar-refractivity contribution in [2.24, 2.45) is 28.6 Å². The van der Waals surface area contributed by atoms with Gasteiger partial charge in [-0.3, -0.25) is 9.59 Å². The lowest BCUT2D eigenvalue weighted by Crippen LogP contribution is -2.60.